The molecule has 2 atom stereocenters. The average molecular weight is 471 g/mol. The lowest BCUT2D eigenvalue weighted by atomic mass is 9.98. The number of hydrogen-bond acceptors (Lipinski definition) is 3. The van der Waals surface area contributed by atoms with Crippen LogP contribution in [0, 0.1) is 5.92 Å². The van der Waals surface area contributed by atoms with Crippen LogP contribution in [-0.2, 0) is 14.3 Å². The molecule has 0 aliphatic heterocycles. The van der Waals surface area contributed by atoms with Crippen molar-refractivity contribution in [3.05, 3.63) is 0 Å². The number of unbranched alkanes of at least 4 members (excludes halogenated alkanes) is 12. The van der Waals surface area contributed by atoms with Gasteiger partial charge in [0.15, 0.2) is 6.10 Å². The molecule has 1 N–H and O–H groups in total. The summed E-state index contributed by atoms with van der Waals surface area (Å²) in [4.78, 5) is 23.1. The Labute approximate surface area is 205 Å². The zero-order valence-corrected chi connectivity index (χ0v) is 22.7. The van der Waals surface area contributed by atoms with E-state index in [9.17, 15) is 9.59 Å². The van der Waals surface area contributed by atoms with Crippen molar-refractivity contribution in [3.63, 3.8) is 0 Å². The number of carboxylic acids is 1. The second kappa shape index (κ2) is 20.3. The standard InChI is InChI=1S/C28H55NO4/c1-6-20-25(2)21-18-16-14-12-10-8-7-9-11-13-15-17-19-22-28(32)33-26(23-27(30)31)24-29(3,4)5/h25-26H,6-24H2,1-5H3/p+1. The highest BCUT2D eigenvalue weighted by molar-refractivity contribution is 5.71. The monoisotopic (exact) mass is 470 g/mol. The lowest BCUT2D eigenvalue weighted by Crippen LogP contribution is -2.43. The Morgan fingerprint density at radius 1 is 0.758 bits per heavy atom. The molecule has 0 aromatic heterocycles. The first-order valence-corrected chi connectivity index (χ1v) is 13.9. The van der Waals surface area contributed by atoms with Gasteiger partial charge in [-0.2, -0.15) is 0 Å². The number of quaternary nitrogens is 1. The van der Waals surface area contributed by atoms with Crippen LogP contribution in [0.5, 0.6) is 0 Å². The summed E-state index contributed by atoms with van der Waals surface area (Å²) in [7, 11) is 5.92. The lowest BCUT2D eigenvalue weighted by molar-refractivity contribution is -0.873. The number of rotatable bonds is 23. The summed E-state index contributed by atoms with van der Waals surface area (Å²) in [6, 6.07) is 0. The fourth-order valence-corrected chi connectivity index (χ4v) is 4.54. The Bertz CT molecular complexity index is 487. The number of likely N-dealkylation sites (N-methyl/N-ethyl adjacent to an activating group) is 1. The maximum Gasteiger partial charge on any atom is 0.307 e. The van der Waals surface area contributed by atoms with E-state index in [0.29, 0.717) is 17.4 Å². The molecule has 2 unspecified atom stereocenters. The van der Waals surface area contributed by atoms with Gasteiger partial charge in [-0.25, -0.2) is 0 Å². The lowest BCUT2D eigenvalue weighted by Gasteiger charge is -2.28. The molecule has 0 spiro atoms. The Balaban J connectivity index is 3.52. The summed E-state index contributed by atoms with van der Waals surface area (Å²) in [6.07, 6.45) is 20.5. The number of hydrogen-bond donors (Lipinski definition) is 1. The molecule has 0 saturated heterocycles. The average Bonchev–Trinajstić information content (AvgIpc) is 2.69. The molecule has 33 heavy (non-hydrogen) atoms. The van der Waals surface area contributed by atoms with E-state index in [1.807, 2.05) is 21.1 Å². The van der Waals surface area contributed by atoms with Crippen molar-refractivity contribution in [1.29, 1.82) is 0 Å². The van der Waals surface area contributed by atoms with Gasteiger partial charge < -0.3 is 14.3 Å². The van der Waals surface area contributed by atoms with Crippen LogP contribution in [0.4, 0.5) is 0 Å². The molecule has 0 saturated carbocycles. The summed E-state index contributed by atoms with van der Waals surface area (Å²) in [6.45, 7) is 5.19. The van der Waals surface area contributed by atoms with Crippen LogP contribution in [0.25, 0.3) is 0 Å². The molecule has 0 aromatic rings. The number of aliphatic carboxylic acids is 1. The summed E-state index contributed by atoms with van der Waals surface area (Å²) in [5.41, 5.74) is 0. The normalized spacial score (nSPS) is 13.6. The third kappa shape index (κ3) is 23.8. The van der Waals surface area contributed by atoms with Crippen LogP contribution >= 0.6 is 0 Å². The molecule has 0 fully saturated rings. The number of ether oxygens (including phenoxy) is 1. The minimum Gasteiger partial charge on any atom is -0.481 e. The SMILES string of the molecule is CCCC(C)CCCCCCCCCCCCCCCC(=O)OC(CC(=O)O)C[N+](C)(C)C. The number of nitrogens with zero attached hydrogens (tertiary/aromatic N) is 1. The molecule has 196 valence electrons. The summed E-state index contributed by atoms with van der Waals surface area (Å²) in [5.74, 6) is -0.267. The molecule has 0 rings (SSSR count). The minimum atomic E-state index is -0.922. The third-order valence-corrected chi connectivity index (χ3v) is 6.31. The molecular weight excluding hydrogens is 414 g/mol. The van der Waals surface area contributed by atoms with E-state index in [-0.39, 0.29) is 12.4 Å². The predicted octanol–water partition coefficient (Wildman–Crippen LogP) is 7.37. The molecule has 0 amide bonds. The number of carbonyl (C=O) groups excluding carboxylic acids is 1. The number of carboxylic acid groups (broad SMARTS) is 1. The summed E-state index contributed by atoms with van der Waals surface area (Å²) >= 11 is 0. The highest BCUT2D eigenvalue weighted by Crippen LogP contribution is 2.17. The Morgan fingerprint density at radius 2 is 1.21 bits per heavy atom. The second-order valence-corrected chi connectivity index (χ2v) is 11.2. The smallest absolute Gasteiger partial charge is 0.307 e. The molecule has 0 heterocycles. The quantitative estimate of drug-likeness (QED) is 0.0962. The van der Waals surface area contributed by atoms with Gasteiger partial charge in [0.25, 0.3) is 0 Å². The topological polar surface area (TPSA) is 63.6 Å². The summed E-state index contributed by atoms with van der Waals surface area (Å²) in [5, 5.41) is 9.04. The van der Waals surface area contributed by atoms with Gasteiger partial charge in [0.05, 0.1) is 27.6 Å². The van der Waals surface area contributed by atoms with Crippen LogP contribution in [-0.4, -0.2) is 55.3 Å². The van der Waals surface area contributed by atoms with E-state index in [1.54, 1.807) is 0 Å². The Kier molecular flexibility index (Phi) is 19.6. The van der Waals surface area contributed by atoms with E-state index < -0.39 is 12.1 Å². The van der Waals surface area contributed by atoms with E-state index in [2.05, 4.69) is 13.8 Å². The number of esters is 1. The maximum atomic E-state index is 12.1. The molecule has 0 aromatic carbocycles. The van der Waals surface area contributed by atoms with E-state index in [1.165, 1.54) is 89.9 Å². The molecule has 0 bridgehead atoms. The fraction of sp³-hybridized carbons (Fsp3) is 0.929. The van der Waals surface area contributed by atoms with Crippen LogP contribution in [0.3, 0.4) is 0 Å². The van der Waals surface area contributed by atoms with Gasteiger partial charge in [-0.15, -0.1) is 0 Å². The zero-order chi connectivity index (χ0) is 25.0. The second-order valence-electron chi connectivity index (χ2n) is 11.2. The van der Waals surface area contributed by atoms with E-state index in [4.69, 9.17) is 9.84 Å². The van der Waals surface area contributed by atoms with Gasteiger partial charge >= 0.3 is 11.9 Å². The van der Waals surface area contributed by atoms with Crippen LogP contribution in [0.15, 0.2) is 0 Å². The van der Waals surface area contributed by atoms with Crippen molar-refractivity contribution >= 4 is 11.9 Å². The van der Waals surface area contributed by atoms with Crippen LogP contribution < -0.4 is 0 Å². The fourth-order valence-electron chi connectivity index (χ4n) is 4.54. The molecule has 5 nitrogen and oxygen atoms in total. The molecular formula is C28H56NO4+. The summed E-state index contributed by atoms with van der Waals surface area (Å²) < 4.78 is 6.01. The van der Waals surface area contributed by atoms with Crippen molar-refractivity contribution in [2.75, 3.05) is 27.7 Å². The van der Waals surface area contributed by atoms with E-state index in [0.717, 1.165) is 18.8 Å². The first-order chi connectivity index (χ1) is 15.6. The largest absolute Gasteiger partial charge is 0.481 e. The van der Waals surface area contributed by atoms with Crippen LogP contribution in [0.2, 0.25) is 0 Å². The van der Waals surface area contributed by atoms with Crippen molar-refractivity contribution in [2.45, 2.75) is 136 Å². The zero-order valence-electron chi connectivity index (χ0n) is 22.7. The van der Waals surface area contributed by atoms with Gasteiger partial charge in [-0.1, -0.05) is 110 Å². The predicted molar refractivity (Wildman–Crippen MR) is 138 cm³/mol. The minimum absolute atomic E-state index is 0.125. The van der Waals surface area contributed by atoms with Gasteiger partial charge in [-0.3, -0.25) is 9.59 Å². The highest BCUT2D eigenvalue weighted by atomic mass is 16.5. The van der Waals surface area contributed by atoms with Gasteiger partial charge in [-0.05, 0) is 12.3 Å². The van der Waals surface area contributed by atoms with Gasteiger partial charge in [0.2, 0.25) is 0 Å². The van der Waals surface area contributed by atoms with Crippen molar-refractivity contribution in [3.8, 4) is 0 Å². The van der Waals surface area contributed by atoms with Gasteiger partial charge in [0.1, 0.15) is 6.54 Å². The first-order valence-electron chi connectivity index (χ1n) is 13.9. The molecule has 0 radical (unpaired) electrons. The number of carbonyl (C=O) groups is 2. The van der Waals surface area contributed by atoms with Gasteiger partial charge in [0, 0.05) is 6.42 Å². The van der Waals surface area contributed by atoms with E-state index >= 15 is 0 Å². The van der Waals surface area contributed by atoms with Crippen molar-refractivity contribution < 1.29 is 23.9 Å². The first kappa shape index (κ1) is 31.9. The van der Waals surface area contributed by atoms with Crippen LogP contribution in [0.1, 0.15) is 129 Å². The third-order valence-electron chi connectivity index (χ3n) is 6.31. The van der Waals surface area contributed by atoms with Crippen molar-refractivity contribution in [1.82, 2.24) is 0 Å². The molecule has 5 heteroatoms. The highest BCUT2D eigenvalue weighted by Gasteiger charge is 2.24. The Morgan fingerprint density at radius 3 is 1.64 bits per heavy atom. The van der Waals surface area contributed by atoms with Crippen molar-refractivity contribution in [2.24, 2.45) is 5.92 Å². The Hall–Kier alpha value is -1.10. The molecule has 0 aliphatic rings. The molecule has 0 aliphatic carbocycles. The maximum absolute atomic E-state index is 12.1.